The maximum absolute atomic E-state index is 12.7. The summed E-state index contributed by atoms with van der Waals surface area (Å²) in [6, 6.07) is 11.4. The first-order valence-electron chi connectivity index (χ1n) is 9.44. The Bertz CT molecular complexity index is 1080. The van der Waals surface area contributed by atoms with Crippen LogP contribution in [0, 0.1) is 13.8 Å². The zero-order valence-electron chi connectivity index (χ0n) is 17.6. The molecule has 0 aliphatic carbocycles. The maximum atomic E-state index is 12.7. The molecule has 0 fully saturated rings. The van der Waals surface area contributed by atoms with E-state index in [1.165, 1.54) is 18.2 Å². The summed E-state index contributed by atoms with van der Waals surface area (Å²) < 4.78 is 42.1. The highest BCUT2D eigenvalue weighted by atomic mass is 19.3. The Hall–Kier alpha value is -3.62. The molecule has 1 amide bonds. The van der Waals surface area contributed by atoms with Crippen LogP contribution in [0.1, 0.15) is 27.3 Å². The highest BCUT2D eigenvalue weighted by Gasteiger charge is 2.19. The minimum absolute atomic E-state index is 0.00856. The molecule has 0 aliphatic heterocycles. The molecule has 1 N–H and O–H groups in total. The predicted molar refractivity (Wildman–Crippen MR) is 111 cm³/mol. The third-order valence-corrected chi connectivity index (χ3v) is 4.75. The lowest BCUT2D eigenvalue weighted by Crippen LogP contribution is -2.16. The van der Waals surface area contributed by atoms with Crippen molar-refractivity contribution in [2.75, 3.05) is 19.5 Å². The monoisotopic (exact) mass is 431 g/mol. The number of amides is 1. The number of halogens is 2. The summed E-state index contributed by atoms with van der Waals surface area (Å²) in [6.07, 6.45) is 0. The van der Waals surface area contributed by atoms with Crippen LogP contribution in [0.25, 0.3) is 0 Å². The molecule has 0 radical (unpaired) electrons. The molecule has 9 heteroatoms. The topological polar surface area (TPSA) is 74.6 Å². The molecule has 1 heterocycles. The first-order valence-corrected chi connectivity index (χ1v) is 9.44. The zero-order chi connectivity index (χ0) is 22.5. The SMILES string of the molecule is COc1ccc(Cn2nc(C)c(NC(=O)c3ccccc3OC(F)F)c2C)cc1OC. The second-order valence-corrected chi connectivity index (χ2v) is 6.72. The Balaban J connectivity index is 1.83. The van der Waals surface area contributed by atoms with Crippen LogP contribution in [-0.4, -0.2) is 36.5 Å². The lowest BCUT2D eigenvalue weighted by Gasteiger charge is -2.12. The Morgan fingerprint density at radius 3 is 2.45 bits per heavy atom. The number of aryl methyl sites for hydroxylation is 1. The smallest absolute Gasteiger partial charge is 0.387 e. The van der Waals surface area contributed by atoms with Crippen molar-refractivity contribution >= 4 is 11.6 Å². The minimum atomic E-state index is -3.03. The third-order valence-electron chi connectivity index (χ3n) is 4.75. The van der Waals surface area contributed by atoms with E-state index in [1.54, 1.807) is 31.9 Å². The number of rotatable bonds is 8. The maximum Gasteiger partial charge on any atom is 0.387 e. The summed E-state index contributed by atoms with van der Waals surface area (Å²) in [7, 11) is 3.13. The number of nitrogens with zero attached hydrogens (tertiary/aromatic N) is 2. The molecule has 31 heavy (non-hydrogen) atoms. The second kappa shape index (κ2) is 9.46. The molecule has 0 unspecified atom stereocenters. The Morgan fingerprint density at radius 1 is 1.06 bits per heavy atom. The van der Waals surface area contributed by atoms with Gasteiger partial charge in [0.2, 0.25) is 0 Å². The first-order chi connectivity index (χ1) is 14.8. The molecule has 0 saturated heterocycles. The predicted octanol–water partition coefficient (Wildman–Crippen LogP) is 4.42. The summed E-state index contributed by atoms with van der Waals surface area (Å²) in [6.45, 7) is 0.989. The van der Waals surface area contributed by atoms with E-state index in [4.69, 9.17) is 9.47 Å². The number of methoxy groups -OCH3 is 2. The van der Waals surface area contributed by atoms with Crippen molar-refractivity contribution in [3.8, 4) is 17.2 Å². The number of carbonyl (C=O) groups excluding carboxylic acids is 1. The summed E-state index contributed by atoms with van der Waals surface area (Å²) >= 11 is 0. The molecule has 164 valence electrons. The van der Waals surface area contributed by atoms with Gasteiger partial charge in [-0.15, -0.1) is 0 Å². The summed E-state index contributed by atoms with van der Waals surface area (Å²) in [5.74, 6) is 0.471. The average molecular weight is 431 g/mol. The number of nitrogens with one attached hydrogen (secondary N) is 1. The van der Waals surface area contributed by atoms with Gasteiger partial charge in [-0.2, -0.15) is 13.9 Å². The van der Waals surface area contributed by atoms with Crippen LogP contribution >= 0.6 is 0 Å². The van der Waals surface area contributed by atoms with Gasteiger partial charge in [0, 0.05) is 0 Å². The van der Waals surface area contributed by atoms with Gasteiger partial charge in [0.15, 0.2) is 11.5 Å². The molecule has 0 aliphatic rings. The molecule has 0 spiro atoms. The van der Waals surface area contributed by atoms with Gasteiger partial charge < -0.3 is 19.5 Å². The number of aromatic nitrogens is 2. The van der Waals surface area contributed by atoms with Gasteiger partial charge in [-0.1, -0.05) is 18.2 Å². The van der Waals surface area contributed by atoms with Crippen molar-refractivity contribution in [3.63, 3.8) is 0 Å². The highest BCUT2D eigenvalue weighted by Crippen LogP contribution is 2.29. The number of ether oxygens (including phenoxy) is 3. The van der Waals surface area contributed by atoms with E-state index in [0.29, 0.717) is 35.1 Å². The van der Waals surface area contributed by atoms with Gasteiger partial charge in [0.05, 0.1) is 43.4 Å². The highest BCUT2D eigenvalue weighted by molar-refractivity contribution is 6.06. The third kappa shape index (κ3) is 4.93. The van der Waals surface area contributed by atoms with E-state index < -0.39 is 12.5 Å². The van der Waals surface area contributed by atoms with Gasteiger partial charge in [-0.3, -0.25) is 9.48 Å². The van der Waals surface area contributed by atoms with Gasteiger partial charge in [-0.05, 0) is 43.7 Å². The largest absolute Gasteiger partial charge is 0.493 e. The van der Waals surface area contributed by atoms with Crippen LogP contribution in [0.2, 0.25) is 0 Å². The van der Waals surface area contributed by atoms with Crippen molar-refractivity contribution in [2.24, 2.45) is 0 Å². The molecule has 2 aromatic carbocycles. The van der Waals surface area contributed by atoms with Gasteiger partial charge in [0.25, 0.3) is 5.91 Å². The summed E-state index contributed by atoms with van der Waals surface area (Å²) in [5, 5.41) is 7.26. The quantitative estimate of drug-likeness (QED) is 0.572. The number of para-hydroxylation sites is 1. The zero-order valence-corrected chi connectivity index (χ0v) is 17.6. The van der Waals surface area contributed by atoms with Gasteiger partial charge in [0.1, 0.15) is 5.75 Å². The van der Waals surface area contributed by atoms with E-state index in [-0.39, 0.29) is 11.3 Å². The van der Waals surface area contributed by atoms with E-state index in [1.807, 2.05) is 25.1 Å². The van der Waals surface area contributed by atoms with Crippen LogP contribution in [0.15, 0.2) is 42.5 Å². The molecule has 0 bridgehead atoms. The summed E-state index contributed by atoms with van der Waals surface area (Å²) in [4.78, 5) is 12.7. The van der Waals surface area contributed by atoms with Crippen LogP contribution in [0.4, 0.5) is 14.5 Å². The fraction of sp³-hybridized carbons (Fsp3) is 0.273. The van der Waals surface area contributed by atoms with E-state index in [2.05, 4.69) is 15.2 Å². The van der Waals surface area contributed by atoms with Gasteiger partial charge in [-0.25, -0.2) is 0 Å². The minimum Gasteiger partial charge on any atom is -0.493 e. The molecular weight excluding hydrogens is 408 g/mol. The van der Waals surface area contributed by atoms with Crippen molar-refractivity contribution < 1.29 is 27.8 Å². The van der Waals surface area contributed by atoms with Crippen LogP contribution in [0.5, 0.6) is 17.2 Å². The average Bonchev–Trinajstić information content (AvgIpc) is 3.00. The number of carbonyl (C=O) groups is 1. The normalized spacial score (nSPS) is 10.8. The Labute approximate surface area is 178 Å². The number of alkyl halides is 2. The molecule has 0 atom stereocenters. The van der Waals surface area contributed by atoms with Crippen molar-refractivity contribution in [1.29, 1.82) is 0 Å². The number of hydrogen-bond donors (Lipinski definition) is 1. The Kier molecular flexibility index (Phi) is 6.74. The molecule has 7 nitrogen and oxygen atoms in total. The lowest BCUT2D eigenvalue weighted by atomic mass is 10.1. The number of benzene rings is 2. The van der Waals surface area contributed by atoms with Crippen LogP contribution < -0.4 is 19.5 Å². The second-order valence-electron chi connectivity index (χ2n) is 6.72. The van der Waals surface area contributed by atoms with Crippen LogP contribution in [0.3, 0.4) is 0 Å². The van der Waals surface area contributed by atoms with E-state index >= 15 is 0 Å². The van der Waals surface area contributed by atoms with Gasteiger partial charge >= 0.3 is 6.61 Å². The molecular formula is C22H23F2N3O4. The standard InChI is InChI=1S/C22H23F2N3O4/c1-13-20(25-21(28)16-7-5-6-8-17(16)31-22(23)24)14(2)27(26-13)12-15-9-10-18(29-3)19(11-15)30-4/h5-11,22H,12H2,1-4H3,(H,25,28). The summed E-state index contributed by atoms with van der Waals surface area (Å²) in [5.41, 5.74) is 2.76. The molecule has 1 aromatic heterocycles. The Morgan fingerprint density at radius 2 is 1.77 bits per heavy atom. The number of anilines is 1. The van der Waals surface area contributed by atoms with Crippen LogP contribution in [-0.2, 0) is 6.54 Å². The molecule has 3 rings (SSSR count). The van der Waals surface area contributed by atoms with E-state index in [0.717, 1.165) is 5.56 Å². The van der Waals surface area contributed by atoms with E-state index in [9.17, 15) is 13.6 Å². The molecule has 0 saturated carbocycles. The first kappa shape index (κ1) is 22.1. The lowest BCUT2D eigenvalue weighted by molar-refractivity contribution is -0.0501. The molecule has 3 aromatic rings. The van der Waals surface area contributed by atoms with Crippen molar-refractivity contribution in [1.82, 2.24) is 9.78 Å². The fourth-order valence-corrected chi connectivity index (χ4v) is 3.22. The number of hydrogen-bond acceptors (Lipinski definition) is 5. The fourth-order valence-electron chi connectivity index (χ4n) is 3.22. The van der Waals surface area contributed by atoms with Crippen molar-refractivity contribution in [3.05, 3.63) is 65.0 Å². The van der Waals surface area contributed by atoms with Crippen molar-refractivity contribution in [2.45, 2.75) is 27.0 Å².